The van der Waals surface area contributed by atoms with Crippen molar-refractivity contribution in [2.75, 3.05) is 5.01 Å². The zero-order valence-corrected chi connectivity index (χ0v) is 18.2. The molecule has 2 unspecified atom stereocenters. The van der Waals surface area contributed by atoms with Crippen LogP contribution in [-0.4, -0.2) is 25.3 Å². The Morgan fingerprint density at radius 1 is 0.788 bits per heavy atom. The van der Waals surface area contributed by atoms with Crippen molar-refractivity contribution in [1.82, 2.24) is 0 Å². The number of anilines is 1. The zero-order valence-electron chi connectivity index (χ0n) is 16.6. The molecule has 0 bridgehead atoms. The van der Waals surface area contributed by atoms with Crippen LogP contribution in [0.5, 0.6) is 0 Å². The van der Waals surface area contributed by atoms with Gasteiger partial charge < -0.3 is 0 Å². The molecule has 1 heterocycles. The minimum absolute atomic E-state index is 0.0596. The summed E-state index contributed by atoms with van der Waals surface area (Å²) in [6.45, 7) is 0. The maximum Gasteiger partial charge on any atom is 0.301 e. The van der Waals surface area contributed by atoms with Crippen molar-refractivity contribution in [2.24, 2.45) is 5.10 Å². The summed E-state index contributed by atoms with van der Waals surface area (Å²) >= 11 is 3.62. The van der Waals surface area contributed by atoms with Crippen LogP contribution in [0.3, 0.4) is 0 Å². The van der Waals surface area contributed by atoms with Gasteiger partial charge in [-0.05, 0) is 11.6 Å². The summed E-state index contributed by atoms with van der Waals surface area (Å²) in [6.07, 6.45) is 0. The molecule has 1 aliphatic heterocycles. The fourth-order valence-electron chi connectivity index (χ4n) is 3.63. The summed E-state index contributed by atoms with van der Waals surface area (Å²) in [4.78, 5) is 31.7. The molecule has 0 aliphatic carbocycles. The lowest BCUT2D eigenvalue weighted by Gasteiger charge is -2.25. The molecule has 0 aromatic heterocycles. The second-order valence-corrected chi connectivity index (χ2v) is 8.07. The van der Waals surface area contributed by atoms with Gasteiger partial charge in [-0.3, -0.25) is 30.3 Å². The number of hydrazone groups is 1. The Labute approximate surface area is 194 Å². The van der Waals surface area contributed by atoms with Crippen molar-refractivity contribution >= 4 is 44.4 Å². The lowest BCUT2D eigenvalue weighted by molar-refractivity contribution is -0.393. The first kappa shape index (κ1) is 22.0. The SMILES string of the molecule is O=[N+]([O-])c1cccc(C2=NN(c3ccc([N+](=O)[O-])cc3[N+](=O)[O-])C(c3ccccc3)C2Br)c1. The van der Waals surface area contributed by atoms with Gasteiger partial charge in [0.25, 0.3) is 11.4 Å². The van der Waals surface area contributed by atoms with E-state index in [0.717, 1.165) is 11.6 Å². The third kappa shape index (κ3) is 4.15. The van der Waals surface area contributed by atoms with Gasteiger partial charge in [-0.1, -0.05) is 58.4 Å². The Hall–Kier alpha value is -4.19. The van der Waals surface area contributed by atoms with Gasteiger partial charge in [-0.25, -0.2) is 5.01 Å². The van der Waals surface area contributed by atoms with E-state index >= 15 is 0 Å². The number of nitrogens with zero attached hydrogens (tertiary/aromatic N) is 5. The normalized spacial score (nSPS) is 17.5. The molecule has 11 nitrogen and oxygen atoms in total. The number of rotatable bonds is 6. The van der Waals surface area contributed by atoms with Crippen LogP contribution in [-0.2, 0) is 0 Å². The Bertz CT molecular complexity index is 1300. The van der Waals surface area contributed by atoms with Gasteiger partial charge in [-0.15, -0.1) is 0 Å². The number of nitro groups is 3. The predicted molar refractivity (Wildman–Crippen MR) is 124 cm³/mol. The highest BCUT2D eigenvalue weighted by molar-refractivity contribution is 9.10. The summed E-state index contributed by atoms with van der Waals surface area (Å²) in [7, 11) is 0. The number of non-ortho nitro benzene ring substituents is 2. The molecular weight excluding hydrogens is 498 g/mol. The molecule has 166 valence electrons. The molecule has 0 spiro atoms. The van der Waals surface area contributed by atoms with Crippen LogP contribution in [0, 0.1) is 30.3 Å². The van der Waals surface area contributed by atoms with Gasteiger partial charge in [0.1, 0.15) is 5.69 Å². The molecule has 33 heavy (non-hydrogen) atoms. The summed E-state index contributed by atoms with van der Waals surface area (Å²) in [6, 6.07) is 17.8. The highest BCUT2D eigenvalue weighted by Crippen LogP contribution is 2.44. The molecule has 0 radical (unpaired) electrons. The van der Waals surface area contributed by atoms with Gasteiger partial charge in [0.05, 0.1) is 37.4 Å². The van der Waals surface area contributed by atoms with E-state index in [1.807, 2.05) is 30.3 Å². The van der Waals surface area contributed by atoms with Gasteiger partial charge in [0.2, 0.25) is 0 Å². The number of halogens is 1. The van der Waals surface area contributed by atoms with E-state index in [9.17, 15) is 30.3 Å². The quantitative estimate of drug-likeness (QED) is 0.253. The number of hydrogen-bond donors (Lipinski definition) is 0. The summed E-state index contributed by atoms with van der Waals surface area (Å²) in [5, 5.41) is 40.2. The van der Waals surface area contributed by atoms with Crippen molar-refractivity contribution in [3.05, 3.63) is 114 Å². The van der Waals surface area contributed by atoms with Crippen LogP contribution in [0.15, 0.2) is 77.9 Å². The molecule has 4 rings (SSSR count). The smallest absolute Gasteiger partial charge is 0.258 e. The maximum absolute atomic E-state index is 11.8. The molecule has 0 N–H and O–H groups in total. The standard InChI is InChI=1S/C21H14BrN5O6/c22-19-20(14-7-4-8-15(11-14)25(28)29)23-24(21(19)13-5-2-1-3-6-13)17-10-9-16(26(30)31)12-18(17)27(32)33/h1-12,19,21H. The summed E-state index contributed by atoms with van der Waals surface area (Å²) < 4.78 is 0. The molecule has 2 atom stereocenters. The van der Waals surface area contributed by atoms with E-state index < -0.39 is 37.0 Å². The molecule has 1 aliphatic rings. The van der Waals surface area contributed by atoms with E-state index in [4.69, 9.17) is 0 Å². The van der Waals surface area contributed by atoms with Gasteiger partial charge in [-0.2, -0.15) is 5.10 Å². The zero-order chi connectivity index (χ0) is 23.7. The van der Waals surface area contributed by atoms with E-state index in [2.05, 4.69) is 21.0 Å². The average molecular weight is 512 g/mol. The van der Waals surface area contributed by atoms with Crippen LogP contribution in [0.2, 0.25) is 0 Å². The lowest BCUT2D eigenvalue weighted by Crippen LogP contribution is -2.26. The number of benzene rings is 3. The first-order valence-corrected chi connectivity index (χ1v) is 10.4. The monoisotopic (exact) mass is 511 g/mol. The Morgan fingerprint density at radius 2 is 1.45 bits per heavy atom. The highest BCUT2D eigenvalue weighted by atomic mass is 79.9. The molecule has 12 heteroatoms. The van der Waals surface area contributed by atoms with E-state index in [-0.39, 0.29) is 11.4 Å². The summed E-state index contributed by atoms with van der Waals surface area (Å²) in [5.74, 6) is 0. The van der Waals surface area contributed by atoms with Crippen molar-refractivity contribution in [3.63, 3.8) is 0 Å². The van der Waals surface area contributed by atoms with Crippen LogP contribution in [0.4, 0.5) is 22.7 Å². The fourth-order valence-corrected chi connectivity index (χ4v) is 4.52. The second-order valence-electron chi connectivity index (χ2n) is 7.08. The van der Waals surface area contributed by atoms with Crippen molar-refractivity contribution < 1.29 is 14.8 Å². The van der Waals surface area contributed by atoms with E-state index in [0.29, 0.717) is 11.3 Å². The van der Waals surface area contributed by atoms with Crippen LogP contribution in [0.1, 0.15) is 17.2 Å². The second kappa shape index (κ2) is 8.74. The Balaban J connectivity index is 1.90. The van der Waals surface area contributed by atoms with E-state index in [1.165, 1.54) is 35.3 Å². The van der Waals surface area contributed by atoms with Gasteiger partial charge in [0, 0.05) is 23.8 Å². The van der Waals surface area contributed by atoms with Crippen LogP contribution >= 0.6 is 15.9 Å². The molecule has 3 aromatic carbocycles. The van der Waals surface area contributed by atoms with Crippen molar-refractivity contribution in [1.29, 1.82) is 0 Å². The topological polar surface area (TPSA) is 145 Å². The number of hydrogen-bond acceptors (Lipinski definition) is 8. The number of alkyl halides is 1. The third-order valence-electron chi connectivity index (χ3n) is 5.12. The van der Waals surface area contributed by atoms with E-state index in [1.54, 1.807) is 6.07 Å². The molecule has 3 aromatic rings. The lowest BCUT2D eigenvalue weighted by atomic mass is 9.97. The van der Waals surface area contributed by atoms with Crippen LogP contribution in [0.25, 0.3) is 0 Å². The molecule has 0 fully saturated rings. The Kier molecular flexibility index (Phi) is 5.84. The van der Waals surface area contributed by atoms with Gasteiger partial charge >= 0.3 is 5.69 Å². The largest absolute Gasteiger partial charge is 0.301 e. The summed E-state index contributed by atoms with van der Waals surface area (Å²) in [5.41, 5.74) is 0.721. The third-order valence-corrected chi connectivity index (χ3v) is 6.06. The highest BCUT2D eigenvalue weighted by Gasteiger charge is 2.41. The maximum atomic E-state index is 11.8. The molecule has 0 amide bonds. The van der Waals surface area contributed by atoms with Crippen molar-refractivity contribution in [3.8, 4) is 0 Å². The predicted octanol–water partition coefficient (Wildman–Crippen LogP) is 5.14. The minimum Gasteiger partial charge on any atom is -0.258 e. The van der Waals surface area contributed by atoms with Crippen LogP contribution < -0.4 is 5.01 Å². The molecule has 0 saturated heterocycles. The van der Waals surface area contributed by atoms with Gasteiger partial charge in [0.15, 0.2) is 0 Å². The minimum atomic E-state index is -0.708. The molecular formula is C21H14BrN5O6. The number of nitro benzene ring substituents is 3. The first-order chi connectivity index (χ1) is 15.8. The Morgan fingerprint density at radius 3 is 2.09 bits per heavy atom. The first-order valence-electron chi connectivity index (χ1n) is 9.52. The average Bonchev–Trinajstić information content (AvgIpc) is 3.16. The van der Waals surface area contributed by atoms with Crippen molar-refractivity contribution in [2.45, 2.75) is 10.9 Å². The fraction of sp³-hybridized carbons (Fsp3) is 0.0952. The molecule has 0 saturated carbocycles.